The molecule has 7 heteroatoms. The third-order valence-electron chi connectivity index (χ3n) is 4.04. The van der Waals surface area contributed by atoms with E-state index in [0.29, 0.717) is 0 Å². The Morgan fingerprint density at radius 2 is 1.77 bits per heavy atom. The van der Waals surface area contributed by atoms with Gasteiger partial charge in [-0.2, -0.15) is 0 Å². The molecular weight excluding hydrogens is 332 g/mol. The van der Waals surface area contributed by atoms with E-state index in [9.17, 15) is 4.79 Å². The molecule has 1 heterocycles. The van der Waals surface area contributed by atoms with Gasteiger partial charge in [0.1, 0.15) is 17.9 Å². The maximum atomic E-state index is 11.9. The van der Waals surface area contributed by atoms with Gasteiger partial charge in [-0.3, -0.25) is 9.79 Å². The van der Waals surface area contributed by atoms with Crippen LogP contribution in [-0.2, 0) is 9.53 Å². The number of guanidine groups is 1. The van der Waals surface area contributed by atoms with Crippen molar-refractivity contribution < 1.29 is 14.3 Å². The van der Waals surface area contributed by atoms with Gasteiger partial charge >= 0.3 is 5.97 Å². The SMILES string of the molecule is CN=C(NCC(=O)OC(C)(C)C)N1CCN(c2ccc(OC)cc2)CC1. The summed E-state index contributed by atoms with van der Waals surface area (Å²) in [6.07, 6.45) is 0. The lowest BCUT2D eigenvalue weighted by molar-refractivity contribution is -0.153. The van der Waals surface area contributed by atoms with Crippen LogP contribution >= 0.6 is 0 Å². The molecule has 26 heavy (non-hydrogen) atoms. The molecular formula is C19H30N4O3. The zero-order chi connectivity index (χ0) is 19.2. The van der Waals surface area contributed by atoms with Crippen LogP contribution in [0.4, 0.5) is 5.69 Å². The molecule has 1 N–H and O–H groups in total. The molecule has 0 atom stereocenters. The van der Waals surface area contributed by atoms with E-state index in [1.807, 2.05) is 32.9 Å². The van der Waals surface area contributed by atoms with Crippen molar-refractivity contribution in [1.82, 2.24) is 10.2 Å². The molecule has 0 spiro atoms. The van der Waals surface area contributed by atoms with Crippen LogP contribution in [0.3, 0.4) is 0 Å². The number of anilines is 1. The Labute approximate surface area is 156 Å². The molecule has 144 valence electrons. The average molecular weight is 362 g/mol. The van der Waals surface area contributed by atoms with Crippen molar-refractivity contribution in [2.24, 2.45) is 4.99 Å². The first-order chi connectivity index (χ1) is 12.3. The van der Waals surface area contributed by atoms with E-state index in [0.717, 1.165) is 37.9 Å². The summed E-state index contributed by atoms with van der Waals surface area (Å²) in [5.41, 5.74) is 0.703. The number of esters is 1. The summed E-state index contributed by atoms with van der Waals surface area (Å²) in [6.45, 7) is 9.13. The van der Waals surface area contributed by atoms with Crippen molar-refractivity contribution in [3.05, 3.63) is 24.3 Å². The van der Waals surface area contributed by atoms with Crippen LogP contribution in [0.5, 0.6) is 5.75 Å². The Morgan fingerprint density at radius 1 is 1.15 bits per heavy atom. The summed E-state index contributed by atoms with van der Waals surface area (Å²) in [4.78, 5) is 20.7. The van der Waals surface area contributed by atoms with Crippen molar-refractivity contribution in [2.45, 2.75) is 26.4 Å². The smallest absolute Gasteiger partial charge is 0.325 e. The summed E-state index contributed by atoms with van der Waals surface area (Å²) in [6, 6.07) is 8.10. The molecule has 1 fully saturated rings. The molecule has 0 radical (unpaired) electrons. The zero-order valence-electron chi connectivity index (χ0n) is 16.4. The molecule has 7 nitrogen and oxygen atoms in total. The number of ether oxygens (including phenoxy) is 2. The number of nitrogens with zero attached hydrogens (tertiary/aromatic N) is 3. The molecule has 0 aliphatic carbocycles. The standard InChI is InChI=1S/C19H30N4O3/c1-19(2,3)26-17(24)14-21-18(20-4)23-12-10-22(11-13-23)15-6-8-16(25-5)9-7-15/h6-9H,10-14H2,1-5H3,(H,20,21). The summed E-state index contributed by atoms with van der Waals surface area (Å²) in [5.74, 6) is 1.31. The number of carbonyl (C=O) groups is 1. The molecule has 0 bridgehead atoms. The summed E-state index contributed by atoms with van der Waals surface area (Å²) in [5, 5.41) is 3.10. The predicted octanol–water partition coefficient (Wildman–Crippen LogP) is 1.73. The Balaban J connectivity index is 1.84. The van der Waals surface area contributed by atoms with Crippen LogP contribution in [0.25, 0.3) is 0 Å². The van der Waals surface area contributed by atoms with E-state index in [1.165, 1.54) is 5.69 Å². The molecule has 1 saturated heterocycles. The third kappa shape index (κ3) is 5.82. The number of hydrogen-bond acceptors (Lipinski definition) is 5. The Morgan fingerprint density at radius 3 is 2.27 bits per heavy atom. The first-order valence-electron chi connectivity index (χ1n) is 8.89. The number of piperazine rings is 1. The second kappa shape index (κ2) is 8.78. The van der Waals surface area contributed by atoms with Crippen LogP contribution in [0.15, 0.2) is 29.3 Å². The van der Waals surface area contributed by atoms with E-state index in [2.05, 4.69) is 32.2 Å². The quantitative estimate of drug-likeness (QED) is 0.500. The van der Waals surface area contributed by atoms with Gasteiger partial charge in [-0.05, 0) is 45.0 Å². The lowest BCUT2D eigenvalue weighted by atomic mass is 10.2. The minimum atomic E-state index is -0.480. The van der Waals surface area contributed by atoms with Gasteiger partial charge in [-0.1, -0.05) is 0 Å². The second-order valence-corrected chi connectivity index (χ2v) is 7.16. The first kappa shape index (κ1) is 19.9. The number of rotatable bonds is 4. The highest BCUT2D eigenvalue weighted by Gasteiger charge is 2.21. The number of hydrogen-bond donors (Lipinski definition) is 1. The van der Waals surface area contributed by atoms with Crippen LogP contribution < -0.4 is 15.0 Å². The molecule has 1 aliphatic heterocycles. The average Bonchev–Trinajstić information content (AvgIpc) is 2.61. The fraction of sp³-hybridized carbons (Fsp3) is 0.579. The molecule has 0 amide bonds. The van der Waals surface area contributed by atoms with E-state index >= 15 is 0 Å². The minimum absolute atomic E-state index is 0.114. The molecule has 0 unspecified atom stereocenters. The van der Waals surface area contributed by atoms with Crippen LogP contribution in [-0.4, -0.2) is 69.3 Å². The van der Waals surface area contributed by atoms with Crippen molar-refractivity contribution >= 4 is 17.6 Å². The summed E-state index contributed by atoms with van der Waals surface area (Å²) in [7, 11) is 3.40. The van der Waals surface area contributed by atoms with Crippen molar-refractivity contribution in [3.8, 4) is 5.75 Å². The number of aliphatic imine (C=N–C) groups is 1. The highest BCUT2D eigenvalue weighted by molar-refractivity contribution is 5.84. The van der Waals surface area contributed by atoms with Crippen LogP contribution in [0.2, 0.25) is 0 Å². The van der Waals surface area contributed by atoms with Crippen molar-refractivity contribution in [3.63, 3.8) is 0 Å². The number of nitrogens with one attached hydrogen (secondary N) is 1. The third-order valence-corrected chi connectivity index (χ3v) is 4.04. The van der Waals surface area contributed by atoms with E-state index in [1.54, 1.807) is 14.2 Å². The Kier molecular flexibility index (Phi) is 6.71. The normalized spacial score (nSPS) is 15.7. The molecule has 1 aromatic carbocycles. The van der Waals surface area contributed by atoms with Crippen LogP contribution in [0, 0.1) is 0 Å². The maximum absolute atomic E-state index is 11.9. The number of benzene rings is 1. The fourth-order valence-electron chi connectivity index (χ4n) is 2.83. The van der Waals surface area contributed by atoms with Gasteiger partial charge in [0.15, 0.2) is 5.96 Å². The minimum Gasteiger partial charge on any atom is -0.497 e. The lowest BCUT2D eigenvalue weighted by Gasteiger charge is -2.37. The summed E-state index contributed by atoms with van der Waals surface area (Å²) < 4.78 is 10.5. The van der Waals surface area contributed by atoms with E-state index < -0.39 is 5.60 Å². The van der Waals surface area contributed by atoms with Gasteiger partial charge in [-0.25, -0.2) is 0 Å². The number of methoxy groups -OCH3 is 1. The monoisotopic (exact) mass is 362 g/mol. The van der Waals surface area contributed by atoms with Gasteiger partial charge in [0.2, 0.25) is 0 Å². The molecule has 2 rings (SSSR count). The lowest BCUT2D eigenvalue weighted by Crippen LogP contribution is -2.53. The molecule has 0 aromatic heterocycles. The van der Waals surface area contributed by atoms with E-state index in [4.69, 9.17) is 9.47 Å². The van der Waals surface area contributed by atoms with Gasteiger partial charge in [-0.15, -0.1) is 0 Å². The Bertz CT molecular complexity index is 615. The van der Waals surface area contributed by atoms with Gasteiger partial charge in [0.05, 0.1) is 7.11 Å². The topological polar surface area (TPSA) is 66.4 Å². The molecule has 1 aromatic rings. The van der Waals surface area contributed by atoms with Gasteiger partial charge in [0.25, 0.3) is 0 Å². The van der Waals surface area contributed by atoms with Crippen LogP contribution in [0.1, 0.15) is 20.8 Å². The van der Waals surface area contributed by atoms with Crippen molar-refractivity contribution in [1.29, 1.82) is 0 Å². The molecule has 1 aliphatic rings. The first-order valence-corrected chi connectivity index (χ1v) is 8.89. The highest BCUT2D eigenvalue weighted by Crippen LogP contribution is 2.20. The maximum Gasteiger partial charge on any atom is 0.325 e. The zero-order valence-corrected chi connectivity index (χ0v) is 16.4. The fourth-order valence-corrected chi connectivity index (χ4v) is 2.83. The second-order valence-electron chi connectivity index (χ2n) is 7.16. The summed E-state index contributed by atoms with van der Waals surface area (Å²) >= 11 is 0. The van der Waals surface area contributed by atoms with Crippen molar-refractivity contribution in [2.75, 3.05) is 51.8 Å². The molecule has 0 saturated carbocycles. The predicted molar refractivity (Wildman–Crippen MR) is 104 cm³/mol. The largest absolute Gasteiger partial charge is 0.497 e. The highest BCUT2D eigenvalue weighted by atomic mass is 16.6. The van der Waals surface area contributed by atoms with Gasteiger partial charge < -0.3 is 24.6 Å². The number of carbonyl (C=O) groups excluding carboxylic acids is 1. The van der Waals surface area contributed by atoms with E-state index in [-0.39, 0.29) is 12.5 Å². The van der Waals surface area contributed by atoms with Gasteiger partial charge in [0, 0.05) is 38.9 Å². The Hall–Kier alpha value is -2.44.